The Bertz CT molecular complexity index is 706. The van der Waals surface area contributed by atoms with Crippen molar-refractivity contribution in [1.82, 2.24) is 10.3 Å². The van der Waals surface area contributed by atoms with E-state index in [1.165, 1.54) is 6.92 Å². The number of pyridine rings is 1. The maximum absolute atomic E-state index is 11.9. The quantitative estimate of drug-likeness (QED) is 0.832. The summed E-state index contributed by atoms with van der Waals surface area (Å²) in [5.74, 6) is -0.110. The van der Waals surface area contributed by atoms with Gasteiger partial charge >= 0.3 is 0 Å². The van der Waals surface area contributed by atoms with Crippen LogP contribution in [0.4, 0.5) is 11.4 Å². The fourth-order valence-corrected chi connectivity index (χ4v) is 2.07. The lowest BCUT2D eigenvalue weighted by Gasteiger charge is -2.08. The highest BCUT2D eigenvalue weighted by Crippen LogP contribution is 2.20. The molecule has 0 spiro atoms. The molecule has 0 radical (unpaired) electrons. The standard InChI is InChI=1S/C17H17N3O2/c1-11(21)12-3-2-4-14(9-12)19-15-7-8-16(18-10-15)17(22)20-13-5-6-13/h2-4,7-10,13,19H,5-6H2,1H3,(H,20,22). The van der Waals surface area contributed by atoms with Gasteiger partial charge in [-0.25, -0.2) is 4.98 Å². The van der Waals surface area contributed by atoms with E-state index < -0.39 is 0 Å². The van der Waals surface area contributed by atoms with E-state index in [2.05, 4.69) is 15.6 Å². The lowest BCUT2D eigenvalue weighted by atomic mass is 10.1. The van der Waals surface area contributed by atoms with Crippen LogP contribution in [0.1, 0.15) is 40.6 Å². The van der Waals surface area contributed by atoms with Crippen LogP contribution in [-0.4, -0.2) is 22.7 Å². The number of rotatable bonds is 5. The monoisotopic (exact) mass is 295 g/mol. The molecule has 5 nitrogen and oxygen atoms in total. The highest BCUT2D eigenvalue weighted by atomic mass is 16.2. The molecule has 2 aromatic rings. The second-order valence-electron chi connectivity index (χ2n) is 5.44. The zero-order valence-corrected chi connectivity index (χ0v) is 12.3. The summed E-state index contributed by atoms with van der Waals surface area (Å²) >= 11 is 0. The molecule has 3 rings (SSSR count). The third-order valence-electron chi connectivity index (χ3n) is 3.47. The van der Waals surface area contributed by atoms with Crippen LogP contribution in [0, 0.1) is 0 Å². The van der Waals surface area contributed by atoms with E-state index in [0.29, 0.717) is 17.3 Å². The Morgan fingerprint density at radius 2 is 1.95 bits per heavy atom. The number of anilines is 2. The molecule has 1 aromatic carbocycles. The van der Waals surface area contributed by atoms with E-state index in [1.54, 1.807) is 30.5 Å². The maximum atomic E-state index is 11.9. The second-order valence-corrected chi connectivity index (χ2v) is 5.44. The van der Waals surface area contributed by atoms with Crippen molar-refractivity contribution in [3.63, 3.8) is 0 Å². The van der Waals surface area contributed by atoms with Crippen LogP contribution >= 0.6 is 0 Å². The first-order valence-electron chi connectivity index (χ1n) is 7.27. The molecule has 0 bridgehead atoms. The molecule has 1 fully saturated rings. The first kappa shape index (κ1) is 14.3. The van der Waals surface area contributed by atoms with Gasteiger partial charge in [-0.2, -0.15) is 0 Å². The molecule has 1 aliphatic rings. The Morgan fingerprint density at radius 3 is 2.59 bits per heavy atom. The number of carbonyl (C=O) groups excluding carboxylic acids is 2. The van der Waals surface area contributed by atoms with Gasteiger partial charge in [0.1, 0.15) is 5.69 Å². The number of benzene rings is 1. The summed E-state index contributed by atoms with van der Waals surface area (Å²) in [5.41, 5.74) is 2.64. The van der Waals surface area contributed by atoms with Crippen LogP contribution in [0.3, 0.4) is 0 Å². The van der Waals surface area contributed by atoms with Gasteiger partial charge in [-0.1, -0.05) is 12.1 Å². The predicted octanol–water partition coefficient (Wildman–Crippen LogP) is 2.92. The van der Waals surface area contributed by atoms with Crippen molar-refractivity contribution in [3.05, 3.63) is 53.9 Å². The Morgan fingerprint density at radius 1 is 1.14 bits per heavy atom. The average molecular weight is 295 g/mol. The van der Waals surface area contributed by atoms with Gasteiger partial charge in [-0.3, -0.25) is 9.59 Å². The van der Waals surface area contributed by atoms with Crippen LogP contribution < -0.4 is 10.6 Å². The summed E-state index contributed by atoms with van der Waals surface area (Å²) in [5, 5.41) is 6.07. The van der Waals surface area contributed by atoms with Gasteiger partial charge in [0.15, 0.2) is 5.78 Å². The summed E-state index contributed by atoms with van der Waals surface area (Å²) in [6.45, 7) is 1.54. The number of amides is 1. The van der Waals surface area contributed by atoms with Gasteiger partial charge in [0, 0.05) is 17.3 Å². The van der Waals surface area contributed by atoms with E-state index in [4.69, 9.17) is 0 Å². The van der Waals surface area contributed by atoms with Crippen molar-refractivity contribution in [1.29, 1.82) is 0 Å². The van der Waals surface area contributed by atoms with Gasteiger partial charge in [-0.15, -0.1) is 0 Å². The first-order chi connectivity index (χ1) is 10.6. The van der Waals surface area contributed by atoms with Crippen LogP contribution in [-0.2, 0) is 0 Å². The third kappa shape index (κ3) is 3.49. The third-order valence-corrected chi connectivity index (χ3v) is 3.47. The normalized spacial score (nSPS) is 13.5. The summed E-state index contributed by atoms with van der Waals surface area (Å²) in [6, 6.07) is 11.1. The zero-order valence-electron chi connectivity index (χ0n) is 12.3. The number of hydrogen-bond donors (Lipinski definition) is 2. The number of Topliss-reactive ketones (excluding diaryl/α,β-unsaturated/α-hetero) is 1. The van der Waals surface area contributed by atoms with Crippen molar-refractivity contribution in [3.8, 4) is 0 Å². The van der Waals surface area contributed by atoms with Crippen molar-refractivity contribution in [2.24, 2.45) is 0 Å². The Hall–Kier alpha value is -2.69. The molecule has 0 saturated heterocycles. The molecule has 1 amide bonds. The van der Waals surface area contributed by atoms with Gasteiger partial charge < -0.3 is 10.6 Å². The highest BCUT2D eigenvalue weighted by Gasteiger charge is 2.24. The number of nitrogens with one attached hydrogen (secondary N) is 2. The number of nitrogens with zero attached hydrogens (tertiary/aromatic N) is 1. The van der Waals surface area contributed by atoms with Gasteiger partial charge in [0.25, 0.3) is 5.91 Å². The van der Waals surface area contributed by atoms with E-state index in [1.807, 2.05) is 12.1 Å². The molecule has 1 heterocycles. The maximum Gasteiger partial charge on any atom is 0.270 e. The van der Waals surface area contributed by atoms with E-state index in [0.717, 1.165) is 24.2 Å². The van der Waals surface area contributed by atoms with Crippen molar-refractivity contribution >= 4 is 23.1 Å². The fourth-order valence-electron chi connectivity index (χ4n) is 2.07. The number of hydrogen-bond acceptors (Lipinski definition) is 4. The van der Waals surface area contributed by atoms with E-state index in [9.17, 15) is 9.59 Å². The summed E-state index contributed by atoms with van der Waals surface area (Å²) in [7, 11) is 0. The minimum Gasteiger partial charge on any atom is -0.354 e. The van der Waals surface area contributed by atoms with Crippen LogP contribution in [0.25, 0.3) is 0 Å². The van der Waals surface area contributed by atoms with E-state index in [-0.39, 0.29) is 11.7 Å². The number of ketones is 1. The van der Waals surface area contributed by atoms with Crippen LogP contribution in [0.5, 0.6) is 0 Å². The minimum atomic E-state index is -0.132. The average Bonchev–Trinajstić information content (AvgIpc) is 3.32. The Labute approximate surface area is 128 Å². The Kier molecular flexibility index (Phi) is 3.87. The molecule has 0 unspecified atom stereocenters. The van der Waals surface area contributed by atoms with Crippen molar-refractivity contribution in [2.75, 3.05) is 5.32 Å². The lowest BCUT2D eigenvalue weighted by Crippen LogP contribution is -2.26. The van der Waals surface area contributed by atoms with Crippen LogP contribution in [0.15, 0.2) is 42.6 Å². The molecule has 0 atom stereocenters. The fraction of sp³-hybridized carbons (Fsp3) is 0.235. The Balaban J connectivity index is 1.69. The van der Waals surface area contributed by atoms with Crippen molar-refractivity contribution in [2.45, 2.75) is 25.8 Å². The van der Waals surface area contributed by atoms with Gasteiger partial charge in [0.05, 0.1) is 11.9 Å². The molecule has 22 heavy (non-hydrogen) atoms. The minimum absolute atomic E-state index is 0.0221. The molecule has 1 saturated carbocycles. The molecule has 1 aliphatic carbocycles. The number of aromatic nitrogens is 1. The molecular formula is C17H17N3O2. The van der Waals surface area contributed by atoms with Crippen LogP contribution in [0.2, 0.25) is 0 Å². The molecule has 2 N–H and O–H groups in total. The summed E-state index contributed by atoms with van der Waals surface area (Å²) in [4.78, 5) is 27.4. The lowest BCUT2D eigenvalue weighted by molar-refractivity contribution is 0.0945. The molecule has 112 valence electrons. The van der Waals surface area contributed by atoms with E-state index >= 15 is 0 Å². The topological polar surface area (TPSA) is 71.1 Å². The summed E-state index contributed by atoms with van der Waals surface area (Å²) < 4.78 is 0. The van der Waals surface area contributed by atoms with Gasteiger partial charge in [-0.05, 0) is 44.0 Å². The smallest absolute Gasteiger partial charge is 0.270 e. The van der Waals surface area contributed by atoms with Crippen molar-refractivity contribution < 1.29 is 9.59 Å². The molecule has 1 aromatic heterocycles. The zero-order chi connectivity index (χ0) is 15.5. The van der Waals surface area contributed by atoms with Gasteiger partial charge in [0.2, 0.25) is 0 Å². The molecule has 5 heteroatoms. The summed E-state index contributed by atoms with van der Waals surface area (Å²) in [6.07, 6.45) is 3.72. The predicted molar refractivity (Wildman–Crippen MR) is 84.5 cm³/mol. The molecular weight excluding hydrogens is 278 g/mol. The number of carbonyl (C=O) groups is 2. The molecule has 0 aliphatic heterocycles. The SMILES string of the molecule is CC(=O)c1cccc(Nc2ccc(C(=O)NC3CC3)nc2)c1. The first-order valence-corrected chi connectivity index (χ1v) is 7.27. The largest absolute Gasteiger partial charge is 0.354 e. The second kappa shape index (κ2) is 5.97. The highest BCUT2D eigenvalue weighted by molar-refractivity contribution is 5.95.